The first-order chi connectivity index (χ1) is 12.4. The highest BCUT2D eigenvalue weighted by Crippen LogP contribution is 2.26. The van der Waals surface area contributed by atoms with Crippen molar-refractivity contribution in [2.24, 2.45) is 5.73 Å². The maximum Gasteiger partial charge on any atom is 0.303 e. The minimum Gasteiger partial charge on any atom is -0.456 e. The lowest BCUT2D eigenvalue weighted by molar-refractivity contribution is -0.299. The molecule has 1 heterocycles. The Labute approximate surface area is 152 Å². The fourth-order valence-electron chi connectivity index (χ4n) is 2.44. The second-order valence-corrected chi connectivity index (χ2v) is 5.73. The predicted molar refractivity (Wildman–Crippen MR) is 88.1 cm³/mol. The SMILES string of the molecule is CC(=O)O[C@@H]1[C@H](O)[C@@H](OCCOCCOCCN)O[C@H](C)[C@H]1OC(C)=O. The monoisotopic (exact) mass is 379 g/mol. The van der Waals surface area contributed by atoms with Crippen molar-refractivity contribution in [2.75, 3.05) is 39.6 Å². The third-order valence-corrected chi connectivity index (χ3v) is 3.50. The summed E-state index contributed by atoms with van der Waals surface area (Å²) in [6.07, 6.45) is -5.01. The molecule has 152 valence electrons. The number of esters is 2. The third kappa shape index (κ3) is 7.94. The minimum absolute atomic E-state index is 0.149. The van der Waals surface area contributed by atoms with E-state index in [1.54, 1.807) is 6.92 Å². The van der Waals surface area contributed by atoms with Crippen molar-refractivity contribution in [2.45, 2.75) is 51.5 Å². The van der Waals surface area contributed by atoms with Crippen molar-refractivity contribution in [3.05, 3.63) is 0 Å². The van der Waals surface area contributed by atoms with E-state index in [1.165, 1.54) is 13.8 Å². The highest BCUT2D eigenvalue weighted by atomic mass is 16.7. The zero-order valence-electron chi connectivity index (χ0n) is 15.4. The van der Waals surface area contributed by atoms with E-state index in [4.69, 9.17) is 34.2 Å². The molecule has 0 aliphatic carbocycles. The van der Waals surface area contributed by atoms with Crippen molar-refractivity contribution < 1.29 is 43.1 Å². The molecule has 0 unspecified atom stereocenters. The van der Waals surface area contributed by atoms with Crippen LogP contribution in [-0.4, -0.2) is 87.3 Å². The lowest BCUT2D eigenvalue weighted by atomic mass is 9.99. The second kappa shape index (κ2) is 12.2. The minimum atomic E-state index is -1.31. The molecule has 0 aromatic heterocycles. The van der Waals surface area contributed by atoms with E-state index in [0.717, 1.165) is 0 Å². The lowest BCUT2D eigenvalue weighted by Crippen LogP contribution is -2.60. The Bertz CT molecular complexity index is 434. The Morgan fingerprint density at radius 2 is 1.50 bits per heavy atom. The molecule has 0 saturated carbocycles. The topological polar surface area (TPSA) is 136 Å². The molecule has 0 aromatic rings. The summed E-state index contributed by atoms with van der Waals surface area (Å²) >= 11 is 0. The normalized spacial score (nSPS) is 28.6. The van der Waals surface area contributed by atoms with E-state index in [9.17, 15) is 14.7 Å². The Kier molecular flexibility index (Phi) is 10.6. The fourth-order valence-corrected chi connectivity index (χ4v) is 2.44. The molecule has 1 fully saturated rings. The maximum atomic E-state index is 11.3. The zero-order chi connectivity index (χ0) is 19.5. The summed E-state index contributed by atoms with van der Waals surface area (Å²) in [7, 11) is 0. The first-order valence-electron chi connectivity index (χ1n) is 8.52. The van der Waals surface area contributed by atoms with Gasteiger partial charge in [-0.05, 0) is 6.92 Å². The van der Waals surface area contributed by atoms with Gasteiger partial charge in [0, 0.05) is 20.4 Å². The van der Waals surface area contributed by atoms with Crippen LogP contribution in [0.2, 0.25) is 0 Å². The molecule has 5 atom stereocenters. The molecule has 26 heavy (non-hydrogen) atoms. The number of carbonyl (C=O) groups is 2. The van der Waals surface area contributed by atoms with Gasteiger partial charge in [0.2, 0.25) is 0 Å². The molecule has 0 radical (unpaired) electrons. The molecule has 1 rings (SSSR count). The number of carbonyl (C=O) groups excluding carboxylic acids is 2. The Balaban J connectivity index is 2.46. The van der Waals surface area contributed by atoms with Gasteiger partial charge in [-0.25, -0.2) is 0 Å². The van der Waals surface area contributed by atoms with E-state index in [2.05, 4.69) is 0 Å². The summed E-state index contributed by atoms with van der Waals surface area (Å²) in [5.41, 5.74) is 5.29. The summed E-state index contributed by atoms with van der Waals surface area (Å²) in [6.45, 7) is 6.21. The molecule has 1 saturated heterocycles. The van der Waals surface area contributed by atoms with Gasteiger partial charge in [0.25, 0.3) is 0 Å². The standard InChI is InChI=1S/C16H29NO9/c1-10-14(25-11(2)18)15(26-12(3)19)13(20)16(24-10)23-9-8-22-7-6-21-5-4-17/h10,13-16,20H,4-9,17H2,1-3H3/t10-,13+,14-,15-,16+/m1/s1. The smallest absolute Gasteiger partial charge is 0.303 e. The van der Waals surface area contributed by atoms with Crippen LogP contribution in [0.4, 0.5) is 0 Å². The van der Waals surface area contributed by atoms with Gasteiger partial charge >= 0.3 is 11.9 Å². The quantitative estimate of drug-likeness (QED) is 0.338. The Morgan fingerprint density at radius 1 is 0.962 bits per heavy atom. The summed E-state index contributed by atoms with van der Waals surface area (Å²) in [5, 5.41) is 10.4. The second-order valence-electron chi connectivity index (χ2n) is 5.73. The number of aliphatic hydroxyl groups excluding tert-OH is 1. The van der Waals surface area contributed by atoms with Gasteiger partial charge in [0.1, 0.15) is 6.10 Å². The average Bonchev–Trinajstić information content (AvgIpc) is 2.56. The van der Waals surface area contributed by atoms with Gasteiger partial charge in [-0.15, -0.1) is 0 Å². The number of ether oxygens (including phenoxy) is 6. The number of hydrogen-bond acceptors (Lipinski definition) is 10. The number of rotatable bonds is 11. The van der Waals surface area contributed by atoms with Crippen LogP contribution < -0.4 is 5.73 Å². The average molecular weight is 379 g/mol. The molecule has 0 aromatic carbocycles. The first-order valence-corrected chi connectivity index (χ1v) is 8.52. The zero-order valence-corrected chi connectivity index (χ0v) is 15.4. The summed E-state index contributed by atoms with van der Waals surface area (Å²) < 4.78 is 31.7. The van der Waals surface area contributed by atoms with Crippen molar-refractivity contribution in [3.8, 4) is 0 Å². The summed E-state index contributed by atoms with van der Waals surface area (Å²) in [6, 6.07) is 0. The van der Waals surface area contributed by atoms with Crippen LogP contribution in [0.3, 0.4) is 0 Å². The van der Waals surface area contributed by atoms with Crippen LogP contribution in [-0.2, 0) is 38.0 Å². The van der Waals surface area contributed by atoms with Crippen LogP contribution in [0.1, 0.15) is 20.8 Å². The Hall–Kier alpha value is -1.30. The van der Waals surface area contributed by atoms with E-state index in [1.807, 2.05) is 0 Å². The molecule has 10 nitrogen and oxygen atoms in total. The van der Waals surface area contributed by atoms with Gasteiger partial charge in [-0.1, -0.05) is 0 Å². The molecular formula is C16H29NO9. The molecule has 0 amide bonds. The van der Waals surface area contributed by atoms with Crippen molar-refractivity contribution in [3.63, 3.8) is 0 Å². The van der Waals surface area contributed by atoms with Crippen molar-refractivity contribution in [1.29, 1.82) is 0 Å². The van der Waals surface area contributed by atoms with Crippen molar-refractivity contribution >= 4 is 11.9 Å². The Morgan fingerprint density at radius 3 is 2.08 bits per heavy atom. The summed E-state index contributed by atoms with van der Waals surface area (Å²) in [4.78, 5) is 22.6. The van der Waals surface area contributed by atoms with Crippen LogP contribution in [0.15, 0.2) is 0 Å². The van der Waals surface area contributed by atoms with E-state index >= 15 is 0 Å². The van der Waals surface area contributed by atoms with Crippen LogP contribution in [0.5, 0.6) is 0 Å². The van der Waals surface area contributed by atoms with E-state index < -0.39 is 42.6 Å². The van der Waals surface area contributed by atoms with Gasteiger partial charge in [0.15, 0.2) is 18.5 Å². The molecule has 10 heteroatoms. The third-order valence-electron chi connectivity index (χ3n) is 3.50. The molecule has 0 spiro atoms. The predicted octanol–water partition coefficient (Wildman–Crippen LogP) is -1.04. The molecule has 3 N–H and O–H groups in total. The largest absolute Gasteiger partial charge is 0.456 e. The van der Waals surface area contributed by atoms with Gasteiger partial charge in [-0.3, -0.25) is 9.59 Å². The fraction of sp³-hybridized carbons (Fsp3) is 0.875. The number of hydrogen-bond donors (Lipinski definition) is 2. The van der Waals surface area contributed by atoms with Gasteiger partial charge in [0.05, 0.1) is 39.1 Å². The first kappa shape index (κ1) is 22.7. The van der Waals surface area contributed by atoms with Crippen LogP contribution in [0, 0.1) is 0 Å². The highest BCUT2D eigenvalue weighted by Gasteiger charge is 2.48. The molecule has 1 aliphatic rings. The highest BCUT2D eigenvalue weighted by molar-refractivity contribution is 5.67. The van der Waals surface area contributed by atoms with Gasteiger partial charge in [-0.2, -0.15) is 0 Å². The summed E-state index contributed by atoms with van der Waals surface area (Å²) in [5.74, 6) is -1.18. The van der Waals surface area contributed by atoms with Crippen molar-refractivity contribution in [1.82, 2.24) is 0 Å². The number of nitrogens with two attached hydrogens (primary N) is 1. The van der Waals surface area contributed by atoms with Crippen LogP contribution in [0.25, 0.3) is 0 Å². The maximum absolute atomic E-state index is 11.3. The van der Waals surface area contributed by atoms with E-state index in [0.29, 0.717) is 26.4 Å². The lowest BCUT2D eigenvalue weighted by Gasteiger charge is -2.42. The number of aliphatic hydroxyl groups is 1. The van der Waals surface area contributed by atoms with Crippen LogP contribution >= 0.6 is 0 Å². The molecular weight excluding hydrogens is 350 g/mol. The van der Waals surface area contributed by atoms with E-state index in [-0.39, 0.29) is 13.2 Å². The van der Waals surface area contributed by atoms with Gasteiger partial charge < -0.3 is 39.3 Å². The molecule has 0 bridgehead atoms. The molecule has 1 aliphatic heterocycles.